The normalized spacial score (nSPS) is 16.7. The smallest absolute Gasteiger partial charge is 0.333 e. The van der Waals surface area contributed by atoms with Crippen molar-refractivity contribution in [3.05, 3.63) is 0 Å². The summed E-state index contributed by atoms with van der Waals surface area (Å²) in [6.45, 7) is 1.18. The Morgan fingerprint density at radius 3 is 2.33 bits per heavy atom. The molecule has 2 unspecified atom stereocenters. The van der Waals surface area contributed by atoms with E-state index >= 15 is 0 Å². The first-order chi connectivity index (χ1) is 4.04. The molecule has 0 saturated carbocycles. The third-order valence-electron chi connectivity index (χ3n) is 0.625. The number of hydrogen-bond acceptors (Lipinski definition) is 3. The van der Waals surface area contributed by atoms with Crippen LogP contribution in [0.3, 0.4) is 0 Å². The molecule has 9 heavy (non-hydrogen) atoms. The van der Waals surface area contributed by atoms with E-state index in [4.69, 9.17) is 10.00 Å². The second-order valence-corrected chi connectivity index (χ2v) is 2.13. The zero-order valence-corrected chi connectivity index (χ0v) is 5.70. The van der Waals surface area contributed by atoms with E-state index in [1.807, 2.05) is 0 Å². The largest absolute Gasteiger partial charge is 0.479 e. The van der Waals surface area contributed by atoms with Crippen molar-refractivity contribution in [3.8, 4) is 0 Å². The van der Waals surface area contributed by atoms with E-state index in [0.717, 1.165) is 0 Å². The summed E-state index contributed by atoms with van der Waals surface area (Å²) < 4.78 is 13.8. The Kier molecular flexibility index (Phi) is 3.46. The molecule has 0 aliphatic rings. The van der Waals surface area contributed by atoms with E-state index in [2.05, 4.69) is 4.52 Å². The molecule has 0 fully saturated rings. The van der Waals surface area contributed by atoms with Crippen LogP contribution in [-0.2, 0) is 13.9 Å². The topological polar surface area (TPSA) is 83.8 Å². The zero-order valence-electron chi connectivity index (χ0n) is 4.70. The molecule has 0 bridgehead atoms. The quantitative estimate of drug-likeness (QED) is 0.552. The monoisotopic (exact) mass is 154 g/mol. The lowest BCUT2D eigenvalue weighted by Gasteiger charge is -2.01. The van der Waals surface area contributed by atoms with Crippen molar-refractivity contribution < 1.29 is 23.9 Å². The van der Waals surface area contributed by atoms with Gasteiger partial charge >= 0.3 is 14.2 Å². The van der Waals surface area contributed by atoms with E-state index in [1.165, 1.54) is 6.92 Å². The fourth-order valence-electron chi connectivity index (χ4n) is 0.202. The summed E-state index contributed by atoms with van der Waals surface area (Å²) in [5, 5.41) is 8.07. The van der Waals surface area contributed by atoms with E-state index in [9.17, 15) is 9.36 Å². The van der Waals surface area contributed by atoms with Crippen molar-refractivity contribution in [1.82, 2.24) is 0 Å². The molecule has 0 aromatic heterocycles. The minimum absolute atomic E-state index is 1.18. The lowest BCUT2D eigenvalue weighted by molar-refractivity contribution is -0.144. The van der Waals surface area contributed by atoms with Crippen LogP contribution in [0.2, 0.25) is 0 Å². The lowest BCUT2D eigenvalue weighted by atomic mass is 10.4. The first kappa shape index (κ1) is 8.62. The van der Waals surface area contributed by atoms with Gasteiger partial charge in [0.05, 0.1) is 0 Å². The fourth-order valence-corrected chi connectivity index (χ4v) is 0.605. The second-order valence-electron chi connectivity index (χ2n) is 1.36. The highest BCUT2D eigenvalue weighted by molar-refractivity contribution is 7.32. The molecular formula is C3H7O5P. The third kappa shape index (κ3) is 4.14. The summed E-state index contributed by atoms with van der Waals surface area (Å²) >= 11 is 0. The van der Waals surface area contributed by atoms with E-state index < -0.39 is 20.3 Å². The van der Waals surface area contributed by atoms with Crippen molar-refractivity contribution in [3.63, 3.8) is 0 Å². The van der Waals surface area contributed by atoms with Gasteiger partial charge in [0.15, 0.2) is 6.10 Å². The first-order valence-electron chi connectivity index (χ1n) is 2.16. The first-order valence-corrected chi connectivity index (χ1v) is 3.43. The van der Waals surface area contributed by atoms with Gasteiger partial charge in [-0.3, -0.25) is 9.09 Å². The molecule has 0 heterocycles. The minimum Gasteiger partial charge on any atom is -0.479 e. The van der Waals surface area contributed by atoms with Gasteiger partial charge in [-0.05, 0) is 6.92 Å². The van der Waals surface area contributed by atoms with Crippen LogP contribution >= 0.6 is 8.25 Å². The molecule has 0 aromatic carbocycles. The Hall–Kier alpha value is -0.380. The van der Waals surface area contributed by atoms with Crippen molar-refractivity contribution in [1.29, 1.82) is 0 Å². The summed E-state index contributed by atoms with van der Waals surface area (Å²) in [6.07, 6.45) is -1.21. The van der Waals surface area contributed by atoms with Crippen molar-refractivity contribution in [2.24, 2.45) is 0 Å². The molecule has 0 aliphatic carbocycles. The molecule has 0 aromatic rings. The maximum Gasteiger partial charge on any atom is 0.333 e. The van der Waals surface area contributed by atoms with Gasteiger partial charge in [0, 0.05) is 0 Å². The van der Waals surface area contributed by atoms with Crippen LogP contribution in [0.4, 0.5) is 0 Å². The van der Waals surface area contributed by atoms with Gasteiger partial charge in [-0.1, -0.05) is 0 Å². The van der Waals surface area contributed by atoms with Crippen LogP contribution in [0.5, 0.6) is 0 Å². The molecule has 0 amide bonds. The van der Waals surface area contributed by atoms with Gasteiger partial charge in [0.2, 0.25) is 0 Å². The third-order valence-corrected chi connectivity index (χ3v) is 1.18. The predicted molar refractivity (Wildman–Crippen MR) is 29.4 cm³/mol. The van der Waals surface area contributed by atoms with Gasteiger partial charge in [-0.2, -0.15) is 0 Å². The van der Waals surface area contributed by atoms with Crippen LogP contribution in [0.25, 0.3) is 0 Å². The molecule has 0 aliphatic heterocycles. The van der Waals surface area contributed by atoms with Crippen molar-refractivity contribution in [2.75, 3.05) is 0 Å². The van der Waals surface area contributed by atoms with Gasteiger partial charge in [-0.15, -0.1) is 0 Å². The number of rotatable bonds is 3. The average Bonchev–Trinajstić information content (AvgIpc) is 1.63. The van der Waals surface area contributed by atoms with Crippen LogP contribution in [-0.4, -0.2) is 22.1 Å². The number of hydrogen-bond donors (Lipinski definition) is 2. The van der Waals surface area contributed by atoms with Crippen LogP contribution in [0.1, 0.15) is 6.92 Å². The molecule has 2 N–H and O–H groups in total. The SMILES string of the molecule is CC(O[PH](=O)O)C(=O)O. The van der Waals surface area contributed by atoms with Gasteiger partial charge in [0.1, 0.15) is 0 Å². The van der Waals surface area contributed by atoms with Crippen LogP contribution in [0.15, 0.2) is 0 Å². The number of aliphatic carboxylic acids is 1. The standard InChI is InChI=1S/C3H7O5P/c1-2(3(4)5)8-9(6)7/h2,9H,1H3,(H,4,5)(H,6,7). The number of carboxylic acid groups (broad SMARTS) is 1. The number of carboxylic acids is 1. The van der Waals surface area contributed by atoms with Crippen molar-refractivity contribution in [2.45, 2.75) is 13.0 Å². The molecule has 0 saturated heterocycles. The summed E-state index contributed by atoms with van der Waals surface area (Å²) in [6, 6.07) is 0. The molecule has 6 heteroatoms. The molecule has 2 atom stereocenters. The molecular weight excluding hydrogens is 147 g/mol. The second kappa shape index (κ2) is 3.61. The summed E-state index contributed by atoms with van der Waals surface area (Å²) in [7, 11) is -3.11. The van der Waals surface area contributed by atoms with Gasteiger partial charge in [-0.25, -0.2) is 4.79 Å². The molecule has 5 nitrogen and oxygen atoms in total. The van der Waals surface area contributed by atoms with E-state index in [0.29, 0.717) is 0 Å². The van der Waals surface area contributed by atoms with E-state index in [-0.39, 0.29) is 0 Å². The highest BCUT2D eigenvalue weighted by atomic mass is 31.1. The molecule has 54 valence electrons. The maximum atomic E-state index is 9.88. The predicted octanol–water partition coefficient (Wildman–Crippen LogP) is -0.142. The zero-order chi connectivity index (χ0) is 7.44. The highest BCUT2D eigenvalue weighted by Gasteiger charge is 2.12. The fraction of sp³-hybridized carbons (Fsp3) is 0.667. The minimum atomic E-state index is -3.11. The highest BCUT2D eigenvalue weighted by Crippen LogP contribution is 2.17. The maximum absolute atomic E-state index is 9.88. The Bertz CT molecular complexity index is 132. The van der Waals surface area contributed by atoms with Crippen LogP contribution < -0.4 is 0 Å². The summed E-state index contributed by atoms with van der Waals surface area (Å²) in [4.78, 5) is 17.9. The molecule has 0 rings (SSSR count). The molecule has 0 spiro atoms. The molecule has 0 radical (unpaired) electrons. The van der Waals surface area contributed by atoms with Gasteiger partial charge in [0.25, 0.3) is 0 Å². The number of carbonyl (C=O) groups is 1. The summed E-state index contributed by atoms with van der Waals surface area (Å²) in [5.41, 5.74) is 0. The summed E-state index contributed by atoms with van der Waals surface area (Å²) in [5.74, 6) is -1.25. The van der Waals surface area contributed by atoms with Crippen molar-refractivity contribution >= 4 is 14.2 Å². The van der Waals surface area contributed by atoms with E-state index in [1.54, 1.807) is 0 Å². The average molecular weight is 154 g/mol. The Morgan fingerprint density at radius 1 is 1.78 bits per heavy atom. The van der Waals surface area contributed by atoms with Crippen LogP contribution in [0, 0.1) is 0 Å². The lowest BCUT2D eigenvalue weighted by Crippen LogP contribution is -2.16. The Labute approximate surface area is 52.2 Å². The van der Waals surface area contributed by atoms with Gasteiger partial charge < -0.3 is 10.00 Å². The Morgan fingerprint density at radius 2 is 2.22 bits per heavy atom. The Balaban J connectivity index is 3.63.